The molecule has 7 rings (SSSR count). The number of hydrogen-bond donors (Lipinski definition) is 1. The van der Waals surface area contributed by atoms with Crippen molar-refractivity contribution in [3.05, 3.63) is 93.2 Å². The lowest BCUT2D eigenvalue weighted by Crippen LogP contribution is -2.48. The molecule has 2 heterocycles. The molecule has 0 unspecified atom stereocenters. The van der Waals surface area contributed by atoms with E-state index in [2.05, 4.69) is 15.9 Å². The van der Waals surface area contributed by atoms with Gasteiger partial charge in [-0.05, 0) is 92.8 Å². The fourth-order valence-electron chi connectivity index (χ4n) is 8.09. The van der Waals surface area contributed by atoms with Crippen LogP contribution in [0.2, 0.25) is 5.02 Å². The van der Waals surface area contributed by atoms with Gasteiger partial charge in [-0.2, -0.15) is 0 Å². The number of carbonyl (C=O) groups is 4. The number of hydrogen-bond acceptors (Lipinski definition) is 6. The van der Waals surface area contributed by atoms with Crippen LogP contribution in [0.1, 0.15) is 38.2 Å². The fraction of sp³-hybridized carbons (Fsp3) is 0.314. The normalized spacial score (nSPS) is 28.6. The Kier molecular flexibility index (Phi) is 7.36. The number of phenolic OH excluding ortho intramolecular Hbond substituents is 1. The monoisotopic (exact) mass is 706 g/mol. The molecule has 1 N–H and O–H groups in total. The van der Waals surface area contributed by atoms with Gasteiger partial charge in [0.15, 0.2) is 11.5 Å². The van der Waals surface area contributed by atoms with Crippen LogP contribution < -0.4 is 14.5 Å². The molecule has 3 aromatic carbocycles. The molecule has 0 aromatic heterocycles. The first-order chi connectivity index (χ1) is 22.0. The van der Waals surface area contributed by atoms with Crippen molar-refractivity contribution in [2.45, 2.75) is 32.6 Å². The number of ether oxygens (including phenoxy) is 1. The Bertz CT molecular complexity index is 1860. The van der Waals surface area contributed by atoms with Crippen molar-refractivity contribution < 1.29 is 33.4 Å². The maximum absolute atomic E-state index is 14.5. The van der Waals surface area contributed by atoms with Crippen molar-refractivity contribution in [1.82, 2.24) is 0 Å². The Morgan fingerprint density at radius 2 is 1.67 bits per heavy atom. The van der Waals surface area contributed by atoms with Crippen LogP contribution in [0, 0.1) is 34.9 Å². The van der Waals surface area contributed by atoms with Crippen molar-refractivity contribution in [2.24, 2.45) is 29.1 Å². The van der Waals surface area contributed by atoms with E-state index in [0.717, 1.165) is 21.0 Å². The van der Waals surface area contributed by atoms with Crippen LogP contribution in [0.5, 0.6) is 11.5 Å². The van der Waals surface area contributed by atoms with Crippen LogP contribution in [-0.4, -0.2) is 35.3 Å². The topological polar surface area (TPSA) is 104 Å². The molecule has 236 valence electrons. The second-order valence-corrected chi connectivity index (χ2v) is 13.7. The quantitative estimate of drug-likeness (QED) is 0.232. The standard InChI is InChI=1S/C35H29BrClFN2O6/c1-3-46-28-14-17(4-13-27(28)41)30-21-10-11-22-29(33(44)39(31(22)42)19-7-5-18(36)6-8-19)23(21)16-24-32(43)40(34(45)35(24,30)2)20-9-12-26(38)25(37)15-20/h4-10,12-15,22-24,29-30,41H,3,11,16H2,1-2H3/t22-,23+,24-,29-,30-,35+/m0/s1. The number of nitrogens with zero attached hydrogens (tertiary/aromatic N) is 2. The molecule has 4 aliphatic rings. The van der Waals surface area contributed by atoms with Crippen LogP contribution in [0.4, 0.5) is 15.8 Å². The van der Waals surface area contributed by atoms with Gasteiger partial charge in [0.05, 0.1) is 46.2 Å². The van der Waals surface area contributed by atoms with Crippen molar-refractivity contribution >= 4 is 62.5 Å². The molecule has 2 saturated heterocycles. The summed E-state index contributed by atoms with van der Waals surface area (Å²) in [4.78, 5) is 59.1. The lowest BCUT2D eigenvalue weighted by molar-refractivity contribution is -0.131. The summed E-state index contributed by atoms with van der Waals surface area (Å²) in [5, 5.41) is 10.3. The Morgan fingerprint density at radius 3 is 2.37 bits per heavy atom. The molecule has 11 heteroatoms. The summed E-state index contributed by atoms with van der Waals surface area (Å²) in [5.74, 6) is -5.55. The van der Waals surface area contributed by atoms with Crippen molar-refractivity contribution in [2.75, 3.05) is 16.4 Å². The second-order valence-electron chi connectivity index (χ2n) is 12.4. The van der Waals surface area contributed by atoms with Gasteiger partial charge in [-0.15, -0.1) is 0 Å². The minimum Gasteiger partial charge on any atom is -0.504 e. The number of fused-ring (bicyclic) bond motifs is 4. The predicted molar refractivity (Wildman–Crippen MR) is 172 cm³/mol. The smallest absolute Gasteiger partial charge is 0.241 e. The maximum atomic E-state index is 14.5. The molecule has 6 atom stereocenters. The minimum atomic E-state index is -1.31. The summed E-state index contributed by atoms with van der Waals surface area (Å²) < 4.78 is 20.6. The highest BCUT2D eigenvalue weighted by molar-refractivity contribution is 9.10. The molecule has 0 spiro atoms. The average Bonchev–Trinajstić information content (AvgIpc) is 3.40. The summed E-state index contributed by atoms with van der Waals surface area (Å²) in [6.45, 7) is 3.82. The highest BCUT2D eigenvalue weighted by Gasteiger charge is 2.67. The number of aromatic hydroxyl groups is 1. The van der Waals surface area contributed by atoms with E-state index in [-0.39, 0.29) is 47.1 Å². The van der Waals surface area contributed by atoms with Gasteiger partial charge in [-0.3, -0.25) is 24.1 Å². The van der Waals surface area contributed by atoms with E-state index in [9.17, 15) is 28.7 Å². The van der Waals surface area contributed by atoms with Gasteiger partial charge < -0.3 is 9.84 Å². The average molecular weight is 708 g/mol. The number of rotatable bonds is 5. The number of halogens is 3. The van der Waals surface area contributed by atoms with Gasteiger partial charge in [-0.25, -0.2) is 9.29 Å². The van der Waals surface area contributed by atoms with E-state index in [1.807, 2.05) is 6.08 Å². The van der Waals surface area contributed by atoms with Gasteiger partial charge in [0.1, 0.15) is 5.82 Å². The Labute approximate surface area is 277 Å². The molecule has 3 aromatic rings. The largest absolute Gasteiger partial charge is 0.504 e. The second kappa shape index (κ2) is 11.1. The summed E-state index contributed by atoms with van der Waals surface area (Å²) in [6.07, 6.45) is 2.41. The first kappa shape index (κ1) is 30.6. The van der Waals surface area contributed by atoms with Gasteiger partial charge in [0, 0.05) is 10.4 Å². The van der Waals surface area contributed by atoms with E-state index < -0.39 is 52.6 Å². The van der Waals surface area contributed by atoms with E-state index in [4.69, 9.17) is 16.3 Å². The summed E-state index contributed by atoms with van der Waals surface area (Å²) in [7, 11) is 0. The highest BCUT2D eigenvalue weighted by atomic mass is 79.9. The van der Waals surface area contributed by atoms with E-state index in [1.54, 1.807) is 50.2 Å². The maximum Gasteiger partial charge on any atom is 0.241 e. The Balaban J connectivity index is 1.37. The van der Waals surface area contributed by atoms with Crippen LogP contribution in [-0.2, 0) is 19.2 Å². The van der Waals surface area contributed by atoms with Crippen molar-refractivity contribution in [3.63, 3.8) is 0 Å². The summed E-state index contributed by atoms with van der Waals surface area (Å²) in [6, 6.07) is 15.5. The third-order valence-corrected chi connectivity index (χ3v) is 11.0. The minimum absolute atomic E-state index is 0.0736. The van der Waals surface area contributed by atoms with Crippen LogP contribution in [0.15, 0.2) is 76.8 Å². The fourth-order valence-corrected chi connectivity index (χ4v) is 8.53. The number of anilines is 2. The molecule has 2 aliphatic heterocycles. The number of phenols is 1. The first-order valence-corrected chi connectivity index (χ1v) is 16.3. The molecule has 1 saturated carbocycles. The molecule has 0 radical (unpaired) electrons. The molecule has 4 amide bonds. The zero-order valence-electron chi connectivity index (χ0n) is 24.9. The predicted octanol–water partition coefficient (Wildman–Crippen LogP) is 6.78. The van der Waals surface area contributed by atoms with Gasteiger partial charge in [0.2, 0.25) is 23.6 Å². The Morgan fingerprint density at radius 1 is 0.957 bits per heavy atom. The third-order valence-electron chi connectivity index (χ3n) is 10.1. The number of imide groups is 2. The van der Waals surface area contributed by atoms with Gasteiger partial charge in [0.25, 0.3) is 0 Å². The van der Waals surface area contributed by atoms with E-state index in [1.165, 1.54) is 23.1 Å². The number of amides is 4. The zero-order chi connectivity index (χ0) is 32.7. The molecule has 8 nitrogen and oxygen atoms in total. The van der Waals surface area contributed by atoms with Crippen LogP contribution in [0.25, 0.3) is 0 Å². The molecule has 2 aliphatic carbocycles. The number of benzene rings is 3. The summed E-state index contributed by atoms with van der Waals surface area (Å²) >= 11 is 9.48. The van der Waals surface area contributed by atoms with Crippen molar-refractivity contribution in [1.29, 1.82) is 0 Å². The highest BCUT2D eigenvalue weighted by Crippen LogP contribution is 2.64. The van der Waals surface area contributed by atoms with Crippen molar-refractivity contribution in [3.8, 4) is 11.5 Å². The molecular formula is C35H29BrClFN2O6. The van der Waals surface area contributed by atoms with Crippen LogP contribution >= 0.6 is 27.5 Å². The lowest BCUT2D eigenvalue weighted by atomic mass is 9.51. The summed E-state index contributed by atoms with van der Waals surface area (Å²) in [5.41, 5.74) is 0.736. The lowest BCUT2D eigenvalue weighted by Gasteiger charge is -2.49. The van der Waals surface area contributed by atoms with Gasteiger partial charge in [-0.1, -0.05) is 45.2 Å². The Hall–Kier alpha value is -4.02. The first-order valence-electron chi connectivity index (χ1n) is 15.1. The zero-order valence-corrected chi connectivity index (χ0v) is 27.2. The van der Waals surface area contributed by atoms with E-state index in [0.29, 0.717) is 17.7 Å². The SMILES string of the molecule is CCOc1cc([C@H]2C3=CC[C@@H]4C(=O)N(c5ccc(Br)cc5)C(=O)[C@@H]4[C@@H]3C[C@H]3C(=O)N(c4ccc(F)c(Cl)c4)C(=O)[C@@]23C)ccc1O. The van der Waals surface area contributed by atoms with Gasteiger partial charge >= 0.3 is 0 Å². The third kappa shape index (κ3) is 4.36. The van der Waals surface area contributed by atoms with E-state index >= 15 is 0 Å². The molecule has 46 heavy (non-hydrogen) atoms. The molecular weight excluding hydrogens is 679 g/mol. The number of carbonyl (C=O) groups excluding carboxylic acids is 4. The molecule has 0 bridgehead atoms. The number of allylic oxidation sites excluding steroid dienone is 2. The van der Waals surface area contributed by atoms with Crippen LogP contribution in [0.3, 0.4) is 0 Å². The molecule has 3 fully saturated rings.